The number of carbonyl (C=O) groups excluding carboxylic acids is 1. The first-order chi connectivity index (χ1) is 10.2. The topological polar surface area (TPSA) is 78.4 Å². The molecular formula is C16H22N2O3. The minimum absolute atomic E-state index is 0.190. The molecule has 1 aromatic carbocycles. The number of aliphatic carboxylic acids is 1. The highest BCUT2D eigenvalue weighted by molar-refractivity contribution is 5.84. The summed E-state index contributed by atoms with van der Waals surface area (Å²) in [5.74, 6) is -0.654. The van der Waals surface area contributed by atoms with Gasteiger partial charge in [0.05, 0.1) is 0 Å². The summed E-state index contributed by atoms with van der Waals surface area (Å²) in [7, 11) is 0. The quantitative estimate of drug-likeness (QED) is 0.745. The average molecular weight is 290 g/mol. The molecule has 2 rings (SSSR count). The summed E-state index contributed by atoms with van der Waals surface area (Å²) in [5.41, 5.74) is 0.597. The molecule has 3 N–H and O–H groups in total. The Bertz CT molecular complexity index is 470. The highest BCUT2D eigenvalue weighted by Gasteiger charge is 2.22. The largest absolute Gasteiger partial charge is 0.479 e. The van der Waals surface area contributed by atoms with Crippen molar-refractivity contribution in [3.8, 4) is 0 Å². The Hall–Kier alpha value is -1.88. The van der Waals surface area contributed by atoms with Gasteiger partial charge in [-0.2, -0.15) is 0 Å². The lowest BCUT2D eigenvalue weighted by atomic mass is 9.93. The van der Waals surface area contributed by atoms with Crippen molar-refractivity contribution < 1.29 is 14.7 Å². The van der Waals surface area contributed by atoms with E-state index in [1.165, 1.54) is 0 Å². The third-order valence-electron chi connectivity index (χ3n) is 3.92. The Morgan fingerprint density at radius 3 is 2.52 bits per heavy atom. The molecule has 0 spiro atoms. The highest BCUT2D eigenvalue weighted by atomic mass is 16.4. The zero-order valence-corrected chi connectivity index (χ0v) is 12.0. The number of piperidine rings is 1. The SMILES string of the molecule is O=C(CCC1CCNCC1)N[C@@H](C(=O)O)c1ccccc1. The van der Waals surface area contributed by atoms with E-state index in [9.17, 15) is 14.7 Å². The second kappa shape index (κ2) is 7.78. The molecule has 0 unspecified atom stereocenters. The third kappa shape index (κ3) is 4.86. The van der Waals surface area contributed by atoms with Gasteiger partial charge in [0.15, 0.2) is 6.04 Å². The average Bonchev–Trinajstić information content (AvgIpc) is 2.52. The smallest absolute Gasteiger partial charge is 0.330 e. The van der Waals surface area contributed by atoms with Crippen LogP contribution in [0.1, 0.15) is 37.3 Å². The molecule has 5 nitrogen and oxygen atoms in total. The molecule has 1 saturated heterocycles. The molecule has 1 aliphatic heterocycles. The molecule has 0 radical (unpaired) electrons. The fraction of sp³-hybridized carbons (Fsp3) is 0.500. The molecule has 21 heavy (non-hydrogen) atoms. The lowest BCUT2D eigenvalue weighted by Crippen LogP contribution is -2.34. The van der Waals surface area contributed by atoms with Crippen LogP contribution in [-0.4, -0.2) is 30.1 Å². The molecule has 0 aliphatic carbocycles. The van der Waals surface area contributed by atoms with Crippen LogP contribution in [0.15, 0.2) is 30.3 Å². The Balaban J connectivity index is 1.85. The normalized spacial score (nSPS) is 17.1. The molecule has 1 atom stereocenters. The Morgan fingerprint density at radius 1 is 1.24 bits per heavy atom. The van der Waals surface area contributed by atoms with Gasteiger partial charge in [0.1, 0.15) is 0 Å². The first-order valence-corrected chi connectivity index (χ1v) is 7.44. The number of carboxylic acid groups (broad SMARTS) is 1. The van der Waals surface area contributed by atoms with Crippen molar-refractivity contribution in [1.29, 1.82) is 0 Å². The molecule has 1 amide bonds. The first kappa shape index (κ1) is 15.5. The number of rotatable bonds is 6. The van der Waals surface area contributed by atoms with E-state index >= 15 is 0 Å². The van der Waals surface area contributed by atoms with Gasteiger partial charge in [0, 0.05) is 6.42 Å². The van der Waals surface area contributed by atoms with Crippen LogP contribution in [0.5, 0.6) is 0 Å². The van der Waals surface area contributed by atoms with Gasteiger partial charge in [-0.3, -0.25) is 4.79 Å². The van der Waals surface area contributed by atoms with Crippen LogP contribution >= 0.6 is 0 Å². The standard InChI is InChI=1S/C16H22N2O3/c19-14(7-6-12-8-10-17-11-9-12)18-15(16(20)21)13-4-2-1-3-5-13/h1-5,12,15,17H,6-11H2,(H,18,19)(H,20,21)/t15-/m1/s1. The minimum Gasteiger partial charge on any atom is -0.479 e. The van der Waals surface area contributed by atoms with Crippen LogP contribution in [0.4, 0.5) is 0 Å². The number of amides is 1. The maximum atomic E-state index is 12.0. The third-order valence-corrected chi connectivity index (χ3v) is 3.92. The molecule has 1 heterocycles. The summed E-state index contributed by atoms with van der Waals surface area (Å²) in [6.07, 6.45) is 3.40. The Morgan fingerprint density at radius 2 is 1.90 bits per heavy atom. The number of hydrogen-bond acceptors (Lipinski definition) is 3. The molecule has 0 bridgehead atoms. The monoisotopic (exact) mass is 290 g/mol. The van der Waals surface area contributed by atoms with Crippen molar-refractivity contribution in [3.05, 3.63) is 35.9 Å². The van der Waals surface area contributed by atoms with E-state index in [-0.39, 0.29) is 5.91 Å². The minimum atomic E-state index is -1.03. The summed E-state index contributed by atoms with van der Waals surface area (Å²) in [6.45, 7) is 2.02. The molecular weight excluding hydrogens is 268 g/mol. The Labute approximate surface area is 124 Å². The molecule has 1 fully saturated rings. The second-order valence-corrected chi connectivity index (χ2v) is 5.48. The number of nitrogens with one attached hydrogen (secondary N) is 2. The maximum absolute atomic E-state index is 12.0. The van der Waals surface area contributed by atoms with Crippen LogP contribution in [0.25, 0.3) is 0 Å². The lowest BCUT2D eigenvalue weighted by Gasteiger charge is -2.22. The van der Waals surface area contributed by atoms with Gasteiger partial charge in [-0.1, -0.05) is 30.3 Å². The van der Waals surface area contributed by atoms with E-state index in [2.05, 4.69) is 10.6 Å². The molecule has 1 aliphatic rings. The van der Waals surface area contributed by atoms with Gasteiger partial charge < -0.3 is 15.7 Å². The summed E-state index contributed by atoms with van der Waals surface area (Å²) in [4.78, 5) is 23.3. The van der Waals surface area contributed by atoms with E-state index in [1.54, 1.807) is 24.3 Å². The van der Waals surface area contributed by atoms with Gasteiger partial charge in [0.2, 0.25) is 5.91 Å². The summed E-state index contributed by atoms with van der Waals surface area (Å²) >= 11 is 0. The van der Waals surface area contributed by atoms with Crippen molar-refractivity contribution in [2.45, 2.75) is 31.7 Å². The van der Waals surface area contributed by atoms with Crippen LogP contribution in [0.3, 0.4) is 0 Å². The van der Waals surface area contributed by atoms with Gasteiger partial charge in [-0.05, 0) is 43.8 Å². The van der Waals surface area contributed by atoms with Crippen LogP contribution in [-0.2, 0) is 9.59 Å². The van der Waals surface area contributed by atoms with E-state index in [4.69, 9.17) is 0 Å². The summed E-state index contributed by atoms with van der Waals surface area (Å²) < 4.78 is 0. The Kier molecular flexibility index (Phi) is 5.75. The van der Waals surface area contributed by atoms with E-state index in [0.717, 1.165) is 32.4 Å². The van der Waals surface area contributed by atoms with E-state index < -0.39 is 12.0 Å². The molecule has 114 valence electrons. The van der Waals surface area contributed by atoms with Gasteiger partial charge >= 0.3 is 5.97 Å². The molecule has 0 aromatic heterocycles. The maximum Gasteiger partial charge on any atom is 0.330 e. The fourth-order valence-electron chi connectivity index (χ4n) is 2.67. The van der Waals surface area contributed by atoms with E-state index in [1.807, 2.05) is 6.07 Å². The molecule has 1 aromatic rings. The van der Waals surface area contributed by atoms with Gasteiger partial charge in [-0.25, -0.2) is 4.79 Å². The summed E-state index contributed by atoms with van der Waals surface area (Å²) in [5, 5.41) is 15.2. The molecule has 5 heteroatoms. The first-order valence-electron chi connectivity index (χ1n) is 7.44. The van der Waals surface area contributed by atoms with Crippen molar-refractivity contribution in [1.82, 2.24) is 10.6 Å². The lowest BCUT2D eigenvalue weighted by molar-refractivity contribution is -0.142. The van der Waals surface area contributed by atoms with Crippen LogP contribution < -0.4 is 10.6 Å². The number of benzene rings is 1. The highest BCUT2D eigenvalue weighted by Crippen LogP contribution is 2.18. The predicted molar refractivity (Wildman–Crippen MR) is 79.8 cm³/mol. The number of carbonyl (C=O) groups is 2. The zero-order valence-electron chi connectivity index (χ0n) is 12.0. The van der Waals surface area contributed by atoms with Gasteiger partial charge in [-0.15, -0.1) is 0 Å². The van der Waals surface area contributed by atoms with Crippen LogP contribution in [0.2, 0.25) is 0 Å². The number of hydrogen-bond donors (Lipinski definition) is 3. The van der Waals surface area contributed by atoms with Gasteiger partial charge in [0.25, 0.3) is 0 Å². The van der Waals surface area contributed by atoms with E-state index in [0.29, 0.717) is 17.9 Å². The number of carboxylic acids is 1. The predicted octanol–water partition coefficient (Wildman–Crippen LogP) is 1.71. The van der Waals surface area contributed by atoms with Crippen LogP contribution in [0, 0.1) is 5.92 Å². The summed E-state index contributed by atoms with van der Waals surface area (Å²) in [6, 6.07) is 7.82. The van der Waals surface area contributed by atoms with Crippen molar-refractivity contribution in [2.24, 2.45) is 5.92 Å². The molecule has 0 saturated carbocycles. The fourth-order valence-corrected chi connectivity index (χ4v) is 2.67. The van der Waals surface area contributed by atoms with Crippen molar-refractivity contribution in [3.63, 3.8) is 0 Å². The van der Waals surface area contributed by atoms with Crippen molar-refractivity contribution >= 4 is 11.9 Å². The zero-order chi connectivity index (χ0) is 15.1. The van der Waals surface area contributed by atoms with Crippen molar-refractivity contribution in [2.75, 3.05) is 13.1 Å². The second-order valence-electron chi connectivity index (χ2n) is 5.48.